The second-order valence-electron chi connectivity index (χ2n) is 6.64. The van der Waals surface area contributed by atoms with E-state index in [2.05, 4.69) is 5.10 Å². The van der Waals surface area contributed by atoms with Gasteiger partial charge in [-0.15, -0.1) is 0 Å². The third-order valence-corrected chi connectivity index (χ3v) is 4.49. The van der Waals surface area contributed by atoms with Gasteiger partial charge in [0.1, 0.15) is 5.82 Å². The molecule has 0 spiro atoms. The topological polar surface area (TPSA) is 36.3 Å². The Morgan fingerprint density at radius 1 is 1.18 bits per heavy atom. The lowest BCUT2D eigenvalue weighted by atomic mass is 9.78. The normalized spacial score (nSPS) is 19.6. The van der Waals surface area contributed by atoms with E-state index < -0.39 is 18.3 Å². The average Bonchev–Trinajstić information content (AvgIpc) is 2.99. The van der Waals surface area contributed by atoms with Crippen molar-refractivity contribution in [3.05, 3.63) is 48.0 Å². The maximum atomic E-state index is 14.3. The molecular weight excluding hydrogens is 282 g/mol. The minimum Gasteiger partial charge on any atom is -0.399 e. The summed E-state index contributed by atoms with van der Waals surface area (Å²) in [6.45, 7) is 8.33. The SMILES string of the molecule is CC1(C)OB(c2ccc(Cn3cccn3)c(F)c2)OC1(C)C. The molecule has 4 nitrogen and oxygen atoms in total. The molecule has 0 bridgehead atoms. The van der Waals surface area contributed by atoms with Gasteiger partial charge in [-0.3, -0.25) is 4.68 Å². The molecule has 1 aliphatic rings. The van der Waals surface area contributed by atoms with Crippen molar-refractivity contribution in [2.45, 2.75) is 45.4 Å². The molecule has 22 heavy (non-hydrogen) atoms. The first-order valence-electron chi connectivity index (χ1n) is 7.40. The zero-order valence-electron chi connectivity index (χ0n) is 13.3. The van der Waals surface area contributed by atoms with Gasteiger partial charge in [-0.05, 0) is 45.3 Å². The van der Waals surface area contributed by atoms with Crippen LogP contribution in [0.4, 0.5) is 4.39 Å². The molecule has 0 atom stereocenters. The molecule has 0 saturated carbocycles. The second-order valence-corrected chi connectivity index (χ2v) is 6.64. The first kappa shape index (κ1) is 15.2. The Labute approximate surface area is 130 Å². The van der Waals surface area contributed by atoms with Crippen molar-refractivity contribution in [2.24, 2.45) is 0 Å². The van der Waals surface area contributed by atoms with Gasteiger partial charge in [-0.25, -0.2) is 4.39 Å². The lowest BCUT2D eigenvalue weighted by Gasteiger charge is -2.32. The molecule has 1 saturated heterocycles. The number of benzene rings is 1. The zero-order valence-corrected chi connectivity index (χ0v) is 13.3. The molecule has 3 rings (SSSR count). The van der Waals surface area contributed by atoms with Gasteiger partial charge in [0.15, 0.2) is 0 Å². The van der Waals surface area contributed by atoms with Gasteiger partial charge >= 0.3 is 7.12 Å². The predicted octanol–water partition coefficient (Wildman–Crippen LogP) is 2.37. The van der Waals surface area contributed by atoms with Crippen LogP contribution in [0.25, 0.3) is 0 Å². The van der Waals surface area contributed by atoms with Gasteiger partial charge in [-0.2, -0.15) is 5.10 Å². The average molecular weight is 302 g/mol. The van der Waals surface area contributed by atoms with Crippen LogP contribution in [-0.2, 0) is 15.9 Å². The summed E-state index contributed by atoms with van der Waals surface area (Å²) in [4.78, 5) is 0. The van der Waals surface area contributed by atoms with E-state index in [1.54, 1.807) is 16.9 Å². The highest BCUT2D eigenvalue weighted by Gasteiger charge is 2.51. The second kappa shape index (κ2) is 5.21. The Bertz CT molecular complexity index is 655. The number of nitrogens with zero attached hydrogens (tertiary/aromatic N) is 2. The molecule has 1 aliphatic heterocycles. The molecule has 1 aromatic heterocycles. The van der Waals surface area contributed by atoms with E-state index in [-0.39, 0.29) is 5.82 Å². The Hall–Kier alpha value is -1.66. The van der Waals surface area contributed by atoms with E-state index in [0.29, 0.717) is 17.6 Å². The summed E-state index contributed by atoms with van der Waals surface area (Å²) in [5, 5.41) is 4.09. The molecule has 0 N–H and O–H groups in total. The summed E-state index contributed by atoms with van der Waals surface area (Å²) in [5.74, 6) is -0.275. The summed E-state index contributed by atoms with van der Waals surface area (Å²) < 4.78 is 27.9. The minimum atomic E-state index is -0.543. The van der Waals surface area contributed by atoms with E-state index in [1.165, 1.54) is 6.07 Å². The highest BCUT2D eigenvalue weighted by Crippen LogP contribution is 2.36. The molecule has 2 heterocycles. The Morgan fingerprint density at radius 2 is 1.86 bits per heavy atom. The molecule has 1 aromatic carbocycles. The quantitative estimate of drug-likeness (QED) is 0.817. The van der Waals surface area contributed by atoms with E-state index in [9.17, 15) is 4.39 Å². The molecular formula is C16H20BFN2O2. The lowest BCUT2D eigenvalue weighted by molar-refractivity contribution is 0.00578. The molecule has 6 heteroatoms. The van der Waals surface area contributed by atoms with Gasteiger partial charge in [0.05, 0.1) is 17.7 Å². The largest absolute Gasteiger partial charge is 0.494 e. The summed E-state index contributed by atoms with van der Waals surface area (Å²) in [7, 11) is -0.543. The first-order chi connectivity index (χ1) is 10.3. The van der Waals surface area contributed by atoms with Crippen LogP contribution in [0, 0.1) is 5.82 Å². The van der Waals surface area contributed by atoms with Crippen LogP contribution < -0.4 is 5.46 Å². The van der Waals surface area contributed by atoms with Crippen LogP contribution >= 0.6 is 0 Å². The van der Waals surface area contributed by atoms with Crippen molar-refractivity contribution in [1.29, 1.82) is 0 Å². The Morgan fingerprint density at radius 3 is 2.41 bits per heavy atom. The maximum absolute atomic E-state index is 14.3. The Kier molecular flexibility index (Phi) is 3.61. The van der Waals surface area contributed by atoms with E-state index in [1.807, 2.05) is 46.0 Å². The van der Waals surface area contributed by atoms with Crippen molar-refractivity contribution >= 4 is 12.6 Å². The lowest BCUT2D eigenvalue weighted by Crippen LogP contribution is -2.41. The standard InChI is InChI=1S/C16H20BFN2O2/c1-15(2)16(3,4)22-17(21-15)13-7-6-12(14(18)10-13)11-20-9-5-8-19-20/h5-10H,11H2,1-4H3. The van der Waals surface area contributed by atoms with Crippen LogP contribution in [0.5, 0.6) is 0 Å². The van der Waals surface area contributed by atoms with Gasteiger partial charge in [0.25, 0.3) is 0 Å². The fourth-order valence-electron chi connectivity index (χ4n) is 2.39. The van der Waals surface area contributed by atoms with Crippen LogP contribution in [0.2, 0.25) is 0 Å². The minimum absolute atomic E-state index is 0.275. The van der Waals surface area contributed by atoms with E-state index in [4.69, 9.17) is 9.31 Å². The molecule has 0 unspecified atom stereocenters. The predicted molar refractivity (Wildman–Crippen MR) is 83.4 cm³/mol. The summed E-state index contributed by atoms with van der Waals surface area (Å²) >= 11 is 0. The molecule has 0 radical (unpaired) electrons. The fourth-order valence-corrected chi connectivity index (χ4v) is 2.39. The summed E-state index contributed by atoms with van der Waals surface area (Å²) in [5.41, 5.74) is 0.424. The van der Waals surface area contributed by atoms with Gasteiger partial charge in [-0.1, -0.05) is 12.1 Å². The summed E-state index contributed by atoms with van der Waals surface area (Å²) in [6, 6.07) is 6.92. The molecule has 116 valence electrons. The van der Waals surface area contributed by atoms with Crippen LogP contribution in [-0.4, -0.2) is 28.1 Å². The van der Waals surface area contributed by atoms with Crippen molar-refractivity contribution in [3.8, 4) is 0 Å². The molecule has 2 aromatic rings. The third-order valence-electron chi connectivity index (χ3n) is 4.49. The van der Waals surface area contributed by atoms with Crippen LogP contribution in [0.3, 0.4) is 0 Å². The number of halogens is 1. The zero-order chi connectivity index (χ0) is 16.0. The smallest absolute Gasteiger partial charge is 0.399 e. The third kappa shape index (κ3) is 2.68. The number of hydrogen-bond donors (Lipinski definition) is 0. The Balaban J connectivity index is 1.81. The molecule has 1 fully saturated rings. The van der Waals surface area contributed by atoms with Crippen LogP contribution in [0.1, 0.15) is 33.3 Å². The highest BCUT2D eigenvalue weighted by atomic mass is 19.1. The van der Waals surface area contributed by atoms with Crippen molar-refractivity contribution in [1.82, 2.24) is 9.78 Å². The maximum Gasteiger partial charge on any atom is 0.494 e. The van der Waals surface area contributed by atoms with Crippen molar-refractivity contribution in [2.75, 3.05) is 0 Å². The number of rotatable bonds is 3. The van der Waals surface area contributed by atoms with Crippen LogP contribution in [0.15, 0.2) is 36.7 Å². The van der Waals surface area contributed by atoms with Gasteiger partial charge in [0.2, 0.25) is 0 Å². The summed E-state index contributed by atoms with van der Waals surface area (Å²) in [6.07, 6.45) is 3.48. The number of aromatic nitrogens is 2. The van der Waals surface area contributed by atoms with Gasteiger partial charge < -0.3 is 9.31 Å². The van der Waals surface area contributed by atoms with E-state index >= 15 is 0 Å². The molecule has 0 aliphatic carbocycles. The first-order valence-corrected chi connectivity index (χ1v) is 7.40. The van der Waals surface area contributed by atoms with Crippen molar-refractivity contribution < 1.29 is 13.7 Å². The highest BCUT2D eigenvalue weighted by molar-refractivity contribution is 6.62. The monoisotopic (exact) mass is 302 g/mol. The van der Waals surface area contributed by atoms with Gasteiger partial charge in [0, 0.05) is 18.0 Å². The van der Waals surface area contributed by atoms with Crippen molar-refractivity contribution in [3.63, 3.8) is 0 Å². The fraction of sp³-hybridized carbons (Fsp3) is 0.438. The molecule has 0 amide bonds. The number of hydrogen-bond acceptors (Lipinski definition) is 3. The van der Waals surface area contributed by atoms with E-state index in [0.717, 1.165) is 0 Å².